The van der Waals surface area contributed by atoms with E-state index in [9.17, 15) is 9.59 Å². The van der Waals surface area contributed by atoms with Crippen molar-refractivity contribution < 1.29 is 19.1 Å². The zero-order valence-electron chi connectivity index (χ0n) is 23.2. The van der Waals surface area contributed by atoms with Crippen molar-refractivity contribution in [1.82, 2.24) is 25.2 Å². The number of anilines is 2. The lowest BCUT2D eigenvalue weighted by molar-refractivity contribution is 0.0575. The maximum Gasteiger partial charge on any atom is 0.414 e. The molecule has 11 nitrogen and oxygen atoms in total. The molecule has 2 heterocycles. The Bertz CT molecular complexity index is 1410. The smallest absolute Gasteiger partial charge is 0.414 e. The van der Waals surface area contributed by atoms with Gasteiger partial charge in [0.25, 0.3) is 5.91 Å². The molecule has 0 atom stereocenters. The van der Waals surface area contributed by atoms with E-state index >= 15 is 0 Å². The number of pyridine rings is 1. The molecule has 2 amide bonds. The van der Waals surface area contributed by atoms with Gasteiger partial charge in [-0.15, -0.1) is 10.2 Å². The van der Waals surface area contributed by atoms with Crippen molar-refractivity contribution >= 4 is 35.0 Å². The average molecular weight is 578 g/mol. The number of ether oxygens (including phenoxy) is 2. The van der Waals surface area contributed by atoms with Gasteiger partial charge in [-0.3, -0.25) is 14.7 Å². The summed E-state index contributed by atoms with van der Waals surface area (Å²) in [5.74, 6) is 0.168. The van der Waals surface area contributed by atoms with Crippen LogP contribution in [-0.4, -0.2) is 62.5 Å². The molecule has 4 aromatic rings. The van der Waals surface area contributed by atoms with Gasteiger partial charge in [0.2, 0.25) is 0 Å². The Morgan fingerprint density at radius 1 is 0.951 bits per heavy atom. The number of aromatic nitrogens is 5. The first-order chi connectivity index (χ1) is 19.7. The summed E-state index contributed by atoms with van der Waals surface area (Å²) in [6, 6.07) is 17.7. The van der Waals surface area contributed by atoms with Crippen LogP contribution in [0, 0.1) is 0 Å². The molecular formula is C29H32ClN7O4. The van der Waals surface area contributed by atoms with E-state index in [2.05, 4.69) is 20.4 Å². The van der Waals surface area contributed by atoms with Crippen molar-refractivity contribution in [2.24, 2.45) is 0 Å². The van der Waals surface area contributed by atoms with Crippen LogP contribution in [0.4, 0.5) is 16.2 Å². The highest BCUT2D eigenvalue weighted by molar-refractivity contribution is 6.31. The summed E-state index contributed by atoms with van der Waals surface area (Å²) in [5.41, 5.74) is 1.08. The van der Waals surface area contributed by atoms with Crippen LogP contribution in [0.15, 0.2) is 79.4 Å². The van der Waals surface area contributed by atoms with Gasteiger partial charge in [-0.2, -0.15) is 4.80 Å². The Hall–Kier alpha value is -4.51. The van der Waals surface area contributed by atoms with E-state index in [1.54, 1.807) is 68.4 Å². The number of hydrogen-bond donors (Lipinski definition) is 0. The Labute approximate surface area is 243 Å². The quantitative estimate of drug-likeness (QED) is 0.236. The maximum absolute atomic E-state index is 13.7. The second kappa shape index (κ2) is 13.7. The molecule has 0 aliphatic carbocycles. The molecule has 0 fully saturated rings. The van der Waals surface area contributed by atoms with Crippen LogP contribution in [0.1, 0.15) is 37.6 Å². The van der Waals surface area contributed by atoms with Crippen LogP contribution in [0.5, 0.6) is 5.75 Å². The van der Waals surface area contributed by atoms with Gasteiger partial charge < -0.3 is 14.4 Å². The number of carbonyl (C=O) groups is 2. The highest BCUT2D eigenvalue weighted by Gasteiger charge is 2.24. The van der Waals surface area contributed by atoms with Gasteiger partial charge in [-0.05, 0) is 74.9 Å². The van der Waals surface area contributed by atoms with Gasteiger partial charge in [0.05, 0.1) is 18.8 Å². The lowest BCUT2D eigenvalue weighted by Gasteiger charge is -2.27. The van der Waals surface area contributed by atoms with Crippen molar-refractivity contribution in [2.75, 3.05) is 29.5 Å². The van der Waals surface area contributed by atoms with Crippen LogP contribution < -0.4 is 14.5 Å². The lowest BCUT2D eigenvalue weighted by Crippen LogP contribution is -2.39. The van der Waals surface area contributed by atoms with Gasteiger partial charge in [0.15, 0.2) is 6.33 Å². The summed E-state index contributed by atoms with van der Waals surface area (Å²) in [6.07, 6.45) is 4.68. The molecule has 214 valence electrons. The van der Waals surface area contributed by atoms with Gasteiger partial charge in [-0.25, -0.2) is 4.79 Å². The molecule has 0 aliphatic rings. The molecule has 0 spiro atoms. The maximum atomic E-state index is 13.7. The predicted molar refractivity (Wildman–Crippen MR) is 155 cm³/mol. The standard InChI is InChI=1S/C29H32ClN7O4/c1-29(2,3)41-28(39)36(25-10-12-31-13-11-25)16-17-40-26-19-22(18-23(30)20-26)27(38)35(24-8-5-4-6-9-24)14-7-15-37-33-21-32-34-37/h4-6,8-13,18-21H,7,14-17H2,1-3H3. The molecule has 0 saturated carbocycles. The molecule has 2 aromatic heterocycles. The highest BCUT2D eigenvalue weighted by atomic mass is 35.5. The van der Waals surface area contributed by atoms with Crippen LogP contribution in [-0.2, 0) is 11.3 Å². The third-order valence-corrected chi connectivity index (χ3v) is 5.95. The van der Waals surface area contributed by atoms with Crippen molar-refractivity contribution in [1.29, 1.82) is 0 Å². The van der Waals surface area contributed by atoms with E-state index in [1.165, 1.54) is 16.0 Å². The Balaban J connectivity index is 1.47. The Morgan fingerprint density at radius 2 is 1.68 bits per heavy atom. The number of nitrogens with zero attached hydrogens (tertiary/aromatic N) is 7. The number of tetrazole rings is 1. The number of para-hydroxylation sites is 1. The van der Waals surface area contributed by atoms with Gasteiger partial charge in [0.1, 0.15) is 18.0 Å². The van der Waals surface area contributed by atoms with E-state index in [0.29, 0.717) is 41.5 Å². The fourth-order valence-corrected chi connectivity index (χ4v) is 4.19. The van der Waals surface area contributed by atoms with Gasteiger partial charge in [-0.1, -0.05) is 29.8 Å². The van der Waals surface area contributed by atoms with Crippen molar-refractivity contribution in [3.05, 3.63) is 90.0 Å². The third-order valence-electron chi connectivity index (χ3n) is 5.73. The Kier molecular flexibility index (Phi) is 9.86. The van der Waals surface area contributed by atoms with E-state index in [4.69, 9.17) is 21.1 Å². The summed E-state index contributed by atoms with van der Waals surface area (Å²) in [5, 5.41) is 12.0. The molecule has 0 N–H and O–H groups in total. The van der Waals surface area contributed by atoms with Crippen LogP contribution in [0.25, 0.3) is 0 Å². The Morgan fingerprint density at radius 3 is 2.37 bits per heavy atom. The summed E-state index contributed by atoms with van der Waals surface area (Å²) in [7, 11) is 0. The summed E-state index contributed by atoms with van der Waals surface area (Å²) >= 11 is 6.41. The van der Waals surface area contributed by atoms with E-state index in [-0.39, 0.29) is 19.1 Å². The van der Waals surface area contributed by atoms with E-state index in [0.717, 1.165) is 5.69 Å². The molecule has 0 saturated heterocycles. The second-order valence-electron chi connectivity index (χ2n) is 10.0. The molecule has 0 bridgehead atoms. The topological polar surface area (TPSA) is 116 Å². The zero-order chi connectivity index (χ0) is 29.2. The molecule has 2 aromatic carbocycles. The van der Waals surface area contributed by atoms with Crippen LogP contribution in [0.2, 0.25) is 5.02 Å². The number of benzene rings is 2. The number of carbonyl (C=O) groups excluding carboxylic acids is 2. The lowest BCUT2D eigenvalue weighted by atomic mass is 10.1. The summed E-state index contributed by atoms with van der Waals surface area (Å²) in [6.45, 7) is 6.67. The molecular weight excluding hydrogens is 546 g/mol. The average Bonchev–Trinajstić information content (AvgIpc) is 3.46. The fourth-order valence-electron chi connectivity index (χ4n) is 3.96. The first-order valence-electron chi connectivity index (χ1n) is 13.1. The number of halogens is 1. The summed E-state index contributed by atoms with van der Waals surface area (Å²) in [4.78, 5) is 35.3. The minimum absolute atomic E-state index is 0.128. The van der Waals surface area contributed by atoms with E-state index < -0.39 is 11.7 Å². The monoisotopic (exact) mass is 577 g/mol. The van der Waals surface area contributed by atoms with E-state index in [1.807, 2.05) is 30.3 Å². The molecule has 4 rings (SSSR count). The zero-order valence-corrected chi connectivity index (χ0v) is 23.9. The van der Waals surface area contributed by atoms with Crippen LogP contribution >= 0.6 is 11.6 Å². The molecule has 0 aliphatic heterocycles. The molecule has 0 radical (unpaired) electrons. The fraction of sp³-hybridized carbons (Fsp3) is 0.310. The van der Waals surface area contributed by atoms with Crippen molar-refractivity contribution in [2.45, 2.75) is 39.3 Å². The highest BCUT2D eigenvalue weighted by Crippen LogP contribution is 2.25. The normalized spacial score (nSPS) is 11.1. The number of rotatable bonds is 11. The van der Waals surface area contributed by atoms with Gasteiger partial charge >= 0.3 is 6.09 Å². The largest absolute Gasteiger partial charge is 0.492 e. The first kappa shape index (κ1) is 29.5. The second-order valence-corrected chi connectivity index (χ2v) is 10.5. The van der Waals surface area contributed by atoms with Crippen molar-refractivity contribution in [3.8, 4) is 5.75 Å². The SMILES string of the molecule is CC(C)(C)OC(=O)N(CCOc1cc(Cl)cc(C(=O)N(CCCn2ncnn2)c2ccccc2)c1)c1ccncc1. The molecule has 41 heavy (non-hydrogen) atoms. The first-order valence-corrected chi connectivity index (χ1v) is 13.5. The number of hydrogen-bond acceptors (Lipinski definition) is 8. The molecule has 12 heteroatoms. The third kappa shape index (κ3) is 8.74. The minimum atomic E-state index is -0.665. The van der Waals surface area contributed by atoms with Crippen LogP contribution in [0.3, 0.4) is 0 Å². The molecule has 0 unspecified atom stereocenters. The summed E-state index contributed by atoms with van der Waals surface area (Å²) < 4.78 is 11.6. The number of aryl methyl sites for hydroxylation is 1. The minimum Gasteiger partial charge on any atom is -0.492 e. The number of amides is 2. The van der Waals surface area contributed by atoms with Crippen molar-refractivity contribution in [3.63, 3.8) is 0 Å². The van der Waals surface area contributed by atoms with Gasteiger partial charge in [0, 0.05) is 35.2 Å². The predicted octanol–water partition coefficient (Wildman–Crippen LogP) is 5.28.